The number of carbonyl (C=O) groups is 1. The van der Waals surface area contributed by atoms with Crippen molar-refractivity contribution in [1.29, 1.82) is 0 Å². The molecule has 2 unspecified atom stereocenters. The smallest absolute Gasteiger partial charge is 0.240 e. The molecule has 25 heavy (non-hydrogen) atoms. The molecule has 0 heterocycles. The van der Waals surface area contributed by atoms with Gasteiger partial charge in [0, 0.05) is 12.0 Å². The van der Waals surface area contributed by atoms with Crippen LogP contribution in [0.15, 0.2) is 47.4 Å². The highest BCUT2D eigenvalue weighted by Gasteiger charge is 2.22. The summed E-state index contributed by atoms with van der Waals surface area (Å²) in [5, 5.41) is 2.79. The van der Waals surface area contributed by atoms with Crippen molar-refractivity contribution in [2.45, 2.75) is 17.0 Å². The lowest BCUT2D eigenvalue weighted by molar-refractivity contribution is -0.123. The first-order valence-electron chi connectivity index (χ1n) is 7.60. The topological polar surface area (TPSA) is 64.3 Å². The quantitative estimate of drug-likeness (QED) is 0.740. The van der Waals surface area contributed by atoms with Gasteiger partial charge in [-0.2, -0.15) is 0 Å². The van der Waals surface area contributed by atoms with Crippen LogP contribution in [0, 0.1) is 11.6 Å². The number of thioether (sulfide) groups is 1. The van der Waals surface area contributed by atoms with Crippen LogP contribution in [0.1, 0.15) is 17.2 Å². The van der Waals surface area contributed by atoms with Crippen molar-refractivity contribution in [1.82, 2.24) is 5.32 Å². The zero-order chi connectivity index (χ0) is 18.4. The molecule has 0 saturated heterocycles. The van der Waals surface area contributed by atoms with Crippen LogP contribution >= 0.6 is 11.8 Å². The Balaban J connectivity index is 2.39. The van der Waals surface area contributed by atoms with E-state index in [0.717, 1.165) is 22.6 Å². The molecule has 0 saturated carbocycles. The van der Waals surface area contributed by atoms with Gasteiger partial charge in [0.2, 0.25) is 5.91 Å². The fraction of sp³-hybridized carbons (Fsp3) is 0.278. The van der Waals surface area contributed by atoms with E-state index in [1.807, 2.05) is 30.5 Å². The van der Waals surface area contributed by atoms with Gasteiger partial charge in [-0.05, 0) is 41.6 Å². The van der Waals surface area contributed by atoms with Crippen LogP contribution in [0.4, 0.5) is 8.78 Å². The number of benzene rings is 2. The van der Waals surface area contributed by atoms with Crippen LogP contribution in [-0.4, -0.2) is 31.9 Å². The van der Waals surface area contributed by atoms with Gasteiger partial charge in [-0.15, -0.1) is 11.8 Å². The summed E-state index contributed by atoms with van der Waals surface area (Å²) < 4.78 is 31.8. The summed E-state index contributed by atoms with van der Waals surface area (Å²) in [6, 6.07) is 9.51. The lowest BCUT2D eigenvalue weighted by Crippen LogP contribution is -2.45. The minimum absolute atomic E-state index is 0.0567. The van der Waals surface area contributed by atoms with Crippen LogP contribution in [-0.2, 0) is 9.53 Å². The highest BCUT2D eigenvalue weighted by molar-refractivity contribution is 7.98. The number of hydrogen-bond acceptors (Lipinski definition) is 4. The number of carbonyl (C=O) groups excluding carboxylic acids is 1. The number of hydrogen-bond donors (Lipinski definition) is 2. The normalized spacial score (nSPS) is 13.3. The maximum Gasteiger partial charge on any atom is 0.240 e. The molecule has 0 bridgehead atoms. The highest BCUT2D eigenvalue weighted by atomic mass is 32.2. The van der Waals surface area contributed by atoms with E-state index in [1.54, 1.807) is 11.8 Å². The number of nitrogens with one attached hydrogen (secondary N) is 1. The zero-order valence-electron chi connectivity index (χ0n) is 14.0. The van der Waals surface area contributed by atoms with E-state index < -0.39 is 29.6 Å². The summed E-state index contributed by atoms with van der Waals surface area (Å²) >= 11 is 1.54. The SMILES string of the molecule is COCC(N)C(=O)NC(c1cccc(SC)c1)c1ccc(F)c(F)c1. The molecule has 0 aromatic heterocycles. The van der Waals surface area contributed by atoms with Crippen LogP contribution in [0.2, 0.25) is 0 Å². The van der Waals surface area contributed by atoms with Crippen molar-refractivity contribution in [2.24, 2.45) is 5.73 Å². The van der Waals surface area contributed by atoms with E-state index in [4.69, 9.17) is 10.5 Å². The molecule has 0 aliphatic rings. The van der Waals surface area contributed by atoms with Gasteiger partial charge in [0.1, 0.15) is 6.04 Å². The Morgan fingerprint density at radius 3 is 2.56 bits per heavy atom. The number of halogens is 2. The fourth-order valence-electron chi connectivity index (χ4n) is 2.38. The maximum absolute atomic E-state index is 13.7. The molecule has 0 aliphatic carbocycles. The Labute approximate surface area is 149 Å². The second kappa shape index (κ2) is 8.94. The Morgan fingerprint density at radius 1 is 1.20 bits per heavy atom. The molecule has 0 radical (unpaired) electrons. The van der Waals surface area contributed by atoms with E-state index in [0.29, 0.717) is 5.56 Å². The monoisotopic (exact) mass is 366 g/mol. The molecule has 2 aromatic rings. The molecule has 3 N–H and O–H groups in total. The predicted octanol–water partition coefficient (Wildman–Crippen LogP) is 2.87. The Morgan fingerprint density at radius 2 is 1.92 bits per heavy atom. The van der Waals surface area contributed by atoms with Crippen molar-refractivity contribution >= 4 is 17.7 Å². The standard InChI is InChI=1S/C18H20F2N2O2S/c1-24-10-16(21)18(23)22-17(11-4-3-5-13(8-11)25-2)12-6-7-14(19)15(20)9-12/h3-9,16-17H,10,21H2,1-2H3,(H,22,23). The molecule has 134 valence electrons. The lowest BCUT2D eigenvalue weighted by atomic mass is 9.98. The molecule has 1 amide bonds. The van der Waals surface area contributed by atoms with Gasteiger partial charge in [-0.25, -0.2) is 8.78 Å². The van der Waals surface area contributed by atoms with Crippen molar-refractivity contribution in [2.75, 3.05) is 20.0 Å². The van der Waals surface area contributed by atoms with E-state index >= 15 is 0 Å². The van der Waals surface area contributed by atoms with Gasteiger partial charge < -0.3 is 15.8 Å². The van der Waals surface area contributed by atoms with Gasteiger partial charge in [0.05, 0.1) is 12.6 Å². The number of methoxy groups -OCH3 is 1. The molecule has 2 atom stereocenters. The number of nitrogens with two attached hydrogens (primary N) is 1. The van der Waals surface area contributed by atoms with E-state index in [1.165, 1.54) is 13.2 Å². The minimum atomic E-state index is -0.973. The molecule has 0 spiro atoms. The molecule has 0 fully saturated rings. The van der Waals surface area contributed by atoms with Gasteiger partial charge in [0.15, 0.2) is 11.6 Å². The first kappa shape index (κ1) is 19.4. The summed E-state index contributed by atoms with van der Waals surface area (Å²) in [6.45, 7) is 0.0567. The van der Waals surface area contributed by atoms with Crippen LogP contribution in [0.5, 0.6) is 0 Å². The molecular formula is C18H20F2N2O2S. The highest BCUT2D eigenvalue weighted by Crippen LogP contribution is 2.27. The van der Waals surface area contributed by atoms with Gasteiger partial charge in [-0.3, -0.25) is 4.79 Å². The minimum Gasteiger partial charge on any atom is -0.383 e. The van der Waals surface area contributed by atoms with Gasteiger partial charge in [0.25, 0.3) is 0 Å². The molecule has 4 nitrogen and oxygen atoms in total. The lowest BCUT2D eigenvalue weighted by Gasteiger charge is -2.22. The summed E-state index contributed by atoms with van der Waals surface area (Å²) in [7, 11) is 1.45. The first-order valence-corrected chi connectivity index (χ1v) is 8.82. The van der Waals surface area contributed by atoms with Crippen molar-refractivity contribution in [3.05, 3.63) is 65.2 Å². The average Bonchev–Trinajstić information content (AvgIpc) is 2.62. The van der Waals surface area contributed by atoms with Crippen LogP contribution in [0.25, 0.3) is 0 Å². The fourth-order valence-corrected chi connectivity index (χ4v) is 2.85. The van der Waals surface area contributed by atoms with Gasteiger partial charge >= 0.3 is 0 Å². The summed E-state index contributed by atoms with van der Waals surface area (Å²) in [5.41, 5.74) is 6.94. The largest absolute Gasteiger partial charge is 0.383 e. The number of rotatable bonds is 7. The summed E-state index contributed by atoms with van der Waals surface area (Å²) in [5.74, 6) is -2.35. The Kier molecular flexibility index (Phi) is 6.92. The van der Waals surface area contributed by atoms with Crippen LogP contribution in [0.3, 0.4) is 0 Å². The van der Waals surface area contributed by atoms with Crippen molar-refractivity contribution in [3.8, 4) is 0 Å². The second-order valence-corrected chi connectivity index (χ2v) is 6.33. The first-order chi connectivity index (χ1) is 12.0. The Bertz CT molecular complexity index is 743. The molecule has 2 rings (SSSR count). The zero-order valence-corrected chi connectivity index (χ0v) is 14.8. The number of ether oxygens (including phenoxy) is 1. The van der Waals surface area contributed by atoms with E-state index in [-0.39, 0.29) is 6.61 Å². The summed E-state index contributed by atoms with van der Waals surface area (Å²) in [4.78, 5) is 13.3. The molecule has 2 aromatic carbocycles. The van der Waals surface area contributed by atoms with Crippen molar-refractivity contribution < 1.29 is 18.3 Å². The third-order valence-electron chi connectivity index (χ3n) is 3.67. The molecular weight excluding hydrogens is 346 g/mol. The van der Waals surface area contributed by atoms with E-state index in [2.05, 4.69) is 5.32 Å². The van der Waals surface area contributed by atoms with E-state index in [9.17, 15) is 13.6 Å². The van der Waals surface area contributed by atoms with Gasteiger partial charge in [-0.1, -0.05) is 18.2 Å². The van der Waals surface area contributed by atoms with Crippen LogP contribution < -0.4 is 11.1 Å². The predicted molar refractivity (Wildman–Crippen MR) is 94.4 cm³/mol. The summed E-state index contributed by atoms with van der Waals surface area (Å²) in [6.07, 6.45) is 1.93. The van der Waals surface area contributed by atoms with Crippen molar-refractivity contribution in [3.63, 3.8) is 0 Å². The third-order valence-corrected chi connectivity index (χ3v) is 4.40. The molecule has 0 aliphatic heterocycles. The number of amides is 1. The average molecular weight is 366 g/mol. The molecule has 7 heteroatoms. The third kappa shape index (κ3) is 5.01. The Hall–Kier alpha value is -1.96. The second-order valence-electron chi connectivity index (χ2n) is 5.45. The maximum atomic E-state index is 13.7.